The predicted molar refractivity (Wildman–Crippen MR) is 109 cm³/mol. The summed E-state index contributed by atoms with van der Waals surface area (Å²) in [6.07, 6.45) is 5.14. The fourth-order valence-corrected chi connectivity index (χ4v) is 4.65. The Morgan fingerprint density at radius 1 is 1.18 bits per heavy atom. The second-order valence-electron chi connectivity index (χ2n) is 7.59. The van der Waals surface area contributed by atoms with Crippen molar-refractivity contribution >= 4 is 21.7 Å². The Morgan fingerprint density at radius 3 is 2.39 bits per heavy atom. The molecule has 1 aliphatic carbocycles. The fraction of sp³-hybridized carbons (Fsp3) is 0.684. The lowest BCUT2D eigenvalue weighted by atomic mass is 10.2. The maximum atomic E-state index is 12.5. The third kappa shape index (κ3) is 5.65. The second-order valence-corrected chi connectivity index (χ2v) is 9.31. The van der Waals surface area contributed by atoms with Crippen molar-refractivity contribution in [2.75, 3.05) is 37.6 Å². The van der Waals surface area contributed by atoms with E-state index < -0.39 is 10.0 Å². The summed E-state index contributed by atoms with van der Waals surface area (Å²) in [7, 11) is -3.54. The molecule has 8 nitrogen and oxygen atoms in total. The molecular weight excluding hydrogens is 378 g/mol. The summed E-state index contributed by atoms with van der Waals surface area (Å²) in [6.45, 7) is 7.48. The van der Waals surface area contributed by atoms with E-state index in [1.54, 1.807) is 12.1 Å². The molecule has 0 unspecified atom stereocenters. The van der Waals surface area contributed by atoms with E-state index in [1.807, 2.05) is 13.8 Å². The fourth-order valence-electron chi connectivity index (χ4n) is 3.30. The van der Waals surface area contributed by atoms with Crippen LogP contribution in [0.15, 0.2) is 23.2 Å². The standard InChI is InChI=1S/C19H31N5O3S/c1-3-15(4-2)22-28(26,27)17-7-8-18(20-13-17)24-11-9-23(10-12-24)14-19(25)21-16-5-6-16/h7-8,13,15-16,22H,3-6,9-12,14H2,1-2H3,(H,21,25). The van der Waals surface area contributed by atoms with Crippen LogP contribution in [0.4, 0.5) is 5.82 Å². The van der Waals surface area contributed by atoms with Gasteiger partial charge < -0.3 is 10.2 Å². The summed E-state index contributed by atoms with van der Waals surface area (Å²) in [6, 6.07) is 3.71. The van der Waals surface area contributed by atoms with Gasteiger partial charge in [-0.3, -0.25) is 9.69 Å². The van der Waals surface area contributed by atoms with Crippen molar-refractivity contribution in [3.8, 4) is 0 Å². The second kappa shape index (κ2) is 9.19. The average molecular weight is 410 g/mol. The highest BCUT2D eigenvalue weighted by atomic mass is 32.2. The Balaban J connectivity index is 1.52. The molecule has 2 N–H and O–H groups in total. The van der Waals surface area contributed by atoms with Gasteiger partial charge in [-0.2, -0.15) is 0 Å². The first kappa shape index (κ1) is 21.0. The Morgan fingerprint density at radius 2 is 1.86 bits per heavy atom. The minimum absolute atomic E-state index is 0.0603. The minimum atomic E-state index is -3.54. The summed E-state index contributed by atoms with van der Waals surface area (Å²) in [5.74, 6) is 0.872. The number of carbonyl (C=O) groups is 1. The van der Waals surface area contributed by atoms with Gasteiger partial charge in [0, 0.05) is 44.5 Å². The highest BCUT2D eigenvalue weighted by molar-refractivity contribution is 7.89. The van der Waals surface area contributed by atoms with Crippen LogP contribution in [0.25, 0.3) is 0 Å². The molecule has 1 saturated heterocycles. The maximum absolute atomic E-state index is 12.5. The van der Waals surface area contributed by atoms with Gasteiger partial charge in [-0.05, 0) is 37.8 Å². The highest BCUT2D eigenvalue weighted by Gasteiger charge is 2.26. The number of anilines is 1. The van der Waals surface area contributed by atoms with Crippen molar-refractivity contribution in [1.82, 2.24) is 19.9 Å². The SMILES string of the molecule is CCC(CC)NS(=O)(=O)c1ccc(N2CCN(CC(=O)NC3CC3)CC2)nc1. The monoisotopic (exact) mass is 409 g/mol. The number of nitrogens with one attached hydrogen (secondary N) is 2. The number of pyridine rings is 1. The number of aromatic nitrogens is 1. The van der Waals surface area contributed by atoms with E-state index in [-0.39, 0.29) is 16.8 Å². The lowest BCUT2D eigenvalue weighted by molar-refractivity contribution is -0.122. The van der Waals surface area contributed by atoms with Crippen LogP contribution in [0.2, 0.25) is 0 Å². The molecule has 1 saturated carbocycles. The molecule has 1 aromatic rings. The van der Waals surface area contributed by atoms with Crippen LogP contribution in [0.3, 0.4) is 0 Å². The number of rotatable bonds is 9. The summed E-state index contributed by atoms with van der Waals surface area (Å²) >= 11 is 0. The molecule has 156 valence electrons. The molecule has 1 aliphatic heterocycles. The normalized spacial score (nSPS) is 18.5. The predicted octanol–water partition coefficient (Wildman–Crippen LogP) is 0.949. The first-order chi connectivity index (χ1) is 13.4. The van der Waals surface area contributed by atoms with Gasteiger partial charge in [0.15, 0.2) is 0 Å². The van der Waals surface area contributed by atoms with Crippen molar-refractivity contribution < 1.29 is 13.2 Å². The van der Waals surface area contributed by atoms with E-state index >= 15 is 0 Å². The quantitative estimate of drug-likeness (QED) is 0.631. The summed E-state index contributed by atoms with van der Waals surface area (Å²) in [4.78, 5) is 20.8. The van der Waals surface area contributed by atoms with E-state index in [4.69, 9.17) is 0 Å². The Labute approximate surface area is 167 Å². The minimum Gasteiger partial charge on any atom is -0.354 e. The zero-order chi connectivity index (χ0) is 20.1. The van der Waals surface area contributed by atoms with Crippen LogP contribution in [0.5, 0.6) is 0 Å². The van der Waals surface area contributed by atoms with Crippen molar-refractivity contribution in [3.05, 3.63) is 18.3 Å². The van der Waals surface area contributed by atoms with Crippen LogP contribution in [-0.4, -0.2) is 69.0 Å². The molecule has 2 heterocycles. The Kier molecular flexibility index (Phi) is 6.90. The number of nitrogens with zero attached hydrogens (tertiary/aromatic N) is 3. The molecule has 1 aromatic heterocycles. The maximum Gasteiger partial charge on any atom is 0.242 e. The van der Waals surface area contributed by atoms with E-state index in [9.17, 15) is 13.2 Å². The van der Waals surface area contributed by atoms with E-state index in [1.165, 1.54) is 6.20 Å². The molecule has 0 radical (unpaired) electrons. The first-order valence-corrected chi connectivity index (χ1v) is 11.6. The Bertz CT molecular complexity index is 752. The third-order valence-corrected chi connectivity index (χ3v) is 6.85. The molecule has 0 aromatic carbocycles. The molecular formula is C19H31N5O3S. The molecule has 0 bridgehead atoms. The smallest absolute Gasteiger partial charge is 0.242 e. The van der Waals surface area contributed by atoms with Crippen LogP contribution < -0.4 is 14.9 Å². The molecule has 2 aliphatic rings. The highest BCUT2D eigenvalue weighted by Crippen LogP contribution is 2.19. The average Bonchev–Trinajstić information content (AvgIpc) is 3.50. The zero-order valence-electron chi connectivity index (χ0n) is 16.7. The molecule has 0 spiro atoms. The van der Waals surface area contributed by atoms with Gasteiger partial charge in [0.25, 0.3) is 0 Å². The Hall–Kier alpha value is -1.71. The zero-order valence-corrected chi connectivity index (χ0v) is 17.5. The summed E-state index contributed by atoms with van der Waals surface area (Å²) in [5, 5.41) is 3.02. The molecule has 9 heteroatoms. The molecule has 2 fully saturated rings. The van der Waals surface area contributed by atoms with E-state index in [0.29, 0.717) is 12.6 Å². The number of piperazine rings is 1. The van der Waals surface area contributed by atoms with Crippen LogP contribution in [0, 0.1) is 0 Å². The van der Waals surface area contributed by atoms with Crippen molar-refractivity contribution in [2.24, 2.45) is 0 Å². The van der Waals surface area contributed by atoms with Gasteiger partial charge in [-0.25, -0.2) is 18.1 Å². The first-order valence-electron chi connectivity index (χ1n) is 10.2. The lowest BCUT2D eigenvalue weighted by Gasteiger charge is -2.35. The van der Waals surface area contributed by atoms with Gasteiger partial charge in [0.2, 0.25) is 15.9 Å². The van der Waals surface area contributed by atoms with Crippen LogP contribution in [0.1, 0.15) is 39.5 Å². The summed E-state index contributed by atoms with van der Waals surface area (Å²) < 4.78 is 27.7. The van der Waals surface area contributed by atoms with Crippen molar-refractivity contribution in [3.63, 3.8) is 0 Å². The van der Waals surface area contributed by atoms with E-state index in [0.717, 1.165) is 57.7 Å². The number of amides is 1. The summed E-state index contributed by atoms with van der Waals surface area (Å²) in [5.41, 5.74) is 0. The topological polar surface area (TPSA) is 94.6 Å². The van der Waals surface area contributed by atoms with Crippen molar-refractivity contribution in [1.29, 1.82) is 0 Å². The van der Waals surface area contributed by atoms with Gasteiger partial charge in [0.05, 0.1) is 6.54 Å². The van der Waals surface area contributed by atoms with Crippen LogP contribution >= 0.6 is 0 Å². The van der Waals surface area contributed by atoms with Gasteiger partial charge >= 0.3 is 0 Å². The van der Waals surface area contributed by atoms with E-state index in [2.05, 4.69) is 24.8 Å². The number of carbonyl (C=O) groups excluding carboxylic acids is 1. The number of hydrogen-bond donors (Lipinski definition) is 2. The number of hydrogen-bond acceptors (Lipinski definition) is 6. The van der Waals surface area contributed by atoms with Gasteiger partial charge in [-0.1, -0.05) is 13.8 Å². The molecule has 0 atom stereocenters. The lowest BCUT2D eigenvalue weighted by Crippen LogP contribution is -2.50. The third-order valence-electron chi connectivity index (χ3n) is 5.34. The molecule has 1 amide bonds. The van der Waals surface area contributed by atoms with Crippen molar-refractivity contribution in [2.45, 2.75) is 56.5 Å². The number of sulfonamides is 1. The van der Waals surface area contributed by atoms with Gasteiger partial charge in [0.1, 0.15) is 10.7 Å². The molecule has 3 rings (SSSR count). The van der Waals surface area contributed by atoms with Gasteiger partial charge in [-0.15, -0.1) is 0 Å². The molecule has 28 heavy (non-hydrogen) atoms. The largest absolute Gasteiger partial charge is 0.354 e. The van der Waals surface area contributed by atoms with Crippen LogP contribution in [-0.2, 0) is 14.8 Å².